The predicted molar refractivity (Wildman–Crippen MR) is 71.9 cm³/mol. The maximum Gasteiger partial charge on any atom is 0.239 e. The molecule has 1 aliphatic heterocycles. The largest absolute Gasteiger partial charge is 0.337 e. The third-order valence-electron chi connectivity index (χ3n) is 3.63. The van der Waals surface area contributed by atoms with Crippen molar-refractivity contribution < 1.29 is 4.79 Å². The Balaban J connectivity index is 2.92. The quantitative estimate of drug-likeness (QED) is 0.756. The summed E-state index contributed by atoms with van der Waals surface area (Å²) in [4.78, 5) is 16.7. The number of amides is 1. The fourth-order valence-electron chi connectivity index (χ4n) is 2.72. The molecule has 100 valence electrons. The van der Waals surface area contributed by atoms with Gasteiger partial charge in [0.25, 0.3) is 0 Å². The van der Waals surface area contributed by atoms with Crippen LogP contribution >= 0.6 is 0 Å². The van der Waals surface area contributed by atoms with Crippen LogP contribution in [0, 0.1) is 5.92 Å². The Labute approximate surface area is 106 Å². The molecule has 17 heavy (non-hydrogen) atoms. The predicted octanol–water partition coefficient (Wildman–Crippen LogP) is 2.36. The van der Waals surface area contributed by atoms with Gasteiger partial charge in [-0.2, -0.15) is 0 Å². The van der Waals surface area contributed by atoms with Gasteiger partial charge in [-0.15, -0.1) is 0 Å². The number of piperazine rings is 1. The van der Waals surface area contributed by atoms with E-state index in [1.54, 1.807) is 0 Å². The molecule has 0 aromatic heterocycles. The van der Waals surface area contributed by atoms with E-state index in [1.165, 1.54) is 0 Å². The lowest BCUT2D eigenvalue weighted by Gasteiger charge is -2.52. The Morgan fingerprint density at radius 1 is 1.29 bits per heavy atom. The Hall–Kier alpha value is -0.570. The van der Waals surface area contributed by atoms with E-state index in [0.717, 1.165) is 13.1 Å². The zero-order chi connectivity index (χ0) is 13.4. The molecule has 1 aliphatic rings. The van der Waals surface area contributed by atoms with E-state index in [1.807, 2.05) is 11.8 Å². The summed E-state index contributed by atoms with van der Waals surface area (Å²) < 4.78 is 0. The SMILES string of the molecule is CC(C)CN1C(C)C(=O)N(C(C)C)CC1(C)C. The van der Waals surface area contributed by atoms with Gasteiger partial charge >= 0.3 is 0 Å². The normalized spacial score (nSPS) is 26.1. The summed E-state index contributed by atoms with van der Waals surface area (Å²) in [5, 5.41) is 0. The standard InChI is InChI=1S/C14H28N2O/c1-10(2)8-16-12(5)13(17)15(11(3)4)9-14(16,6)7/h10-12H,8-9H2,1-7H3. The van der Waals surface area contributed by atoms with Crippen molar-refractivity contribution in [2.24, 2.45) is 5.92 Å². The minimum absolute atomic E-state index is 0.00329. The summed E-state index contributed by atoms with van der Waals surface area (Å²) in [5.74, 6) is 0.870. The average Bonchev–Trinajstić information content (AvgIpc) is 2.18. The second kappa shape index (κ2) is 4.97. The molecule has 3 heteroatoms. The first-order chi connectivity index (χ1) is 7.66. The van der Waals surface area contributed by atoms with E-state index < -0.39 is 0 Å². The van der Waals surface area contributed by atoms with Crippen LogP contribution in [0.1, 0.15) is 48.5 Å². The van der Waals surface area contributed by atoms with Crippen LogP contribution in [0.15, 0.2) is 0 Å². The van der Waals surface area contributed by atoms with Crippen LogP contribution in [0.4, 0.5) is 0 Å². The second-order valence-electron chi connectivity index (χ2n) is 6.59. The smallest absolute Gasteiger partial charge is 0.239 e. The van der Waals surface area contributed by atoms with E-state index in [0.29, 0.717) is 12.0 Å². The van der Waals surface area contributed by atoms with Gasteiger partial charge in [-0.25, -0.2) is 0 Å². The lowest BCUT2D eigenvalue weighted by Crippen LogP contribution is -2.67. The fourth-order valence-corrected chi connectivity index (χ4v) is 2.72. The second-order valence-corrected chi connectivity index (χ2v) is 6.59. The molecule has 0 saturated carbocycles. The van der Waals surface area contributed by atoms with Crippen LogP contribution in [-0.2, 0) is 4.79 Å². The maximum atomic E-state index is 12.3. The van der Waals surface area contributed by atoms with E-state index in [2.05, 4.69) is 46.4 Å². The molecule has 0 aromatic rings. The molecule has 1 atom stereocenters. The number of hydrogen-bond donors (Lipinski definition) is 0. The van der Waals surface area contributed by atoms with Crippen molar-refractivity contribution in [1.82, 2.24) is 9.80 Å². The number of carbonyl (C=O) groups excluding carboxylic acids is 1. The monoisotopic (exact) mass is 240 g/mol. The molecule has 3 nitrogen and oxygen atoms in total. The Morgan fingerprint density at radius 2 is 1.82 bits per heavy atom. The highest BCUT2D eigenvalue weighted by atomic mass is 16.2. The molecule has 0 radical (unpaired) electrons. The molecular weight excluding hydrogens is 212 g/mol. The topological polar surface area (TPSA) is 23.6 Å². The van der Waals surface area contributed by atoms with Crippen LogP contribution in [0.2, 0.25) is 0 Å². The molecule has 1 unspecified atom stereocenters. The fraction of sp³-hybridized carbons (Fsp3) is 0.929. The minimum atomic E-state index is 0.00329. The van der Waals surface area contributed by atoms with Crippen LogP contribution in [-0.4, -0.2) is 46.4 Å². The highest BCUT2D eigenvalue weighted by Crippen LogP contribution is 2.28. The van der Waals surface area contributed by atoms with E-state index in [9.17, 15) is 4.79 Å². The number of nitrogens with zero attached hydrogens (tertiary/aromatic N) is 2. The molecule has 1 saturated heterocycles. The van der Waals surface area contributed by atoms with Crippen molar-refractivity contribution in [3.63, 3.8) is 0 Å². The first kappa shape index (κ1) is 14.5. The Morgan fingerprint density at radius 3 is 2.24 bits per heavy atom. The lowest BCUT2D eigenvalue weighted by atomic mass is 9.92. The highest BCUT2D eigenvalue weighted by molar-refractivity contribution is 5.83. The first-order valence-electron chi connectivity index (χ1n) is 6.74. The number of rotatable bonds is 3. The lowest BCUT2D eigenvalue weighted by molar-refractivity contribution is -0.152. The van der Waals surface area contributed by atoms with Gasteiger partial charge in [0.1, 0.15) is 0 Å². The van der Waals surface area contributed by atoms with Crippen molar-refractivity contribution in [2.45, 2.75) is 66.1 Å². The van der Waals surface area contributed by atoms with Crippen molar-refractivity contribution in [3.8, 4) is 0 Å². The van der Waals surface area contributed by atoms with Gasteiger partial charge < -0.3 is 4.90 Å². The van der Waals surface area contributed by atoms with E-state index >= 15 is 0 Å². The van der Waals surface area contributed by atoms with Gasteiger partial charge in [0.15, 0.2) is 0 Å². The van der Waals surface area contributed by atoms with Crippen LogP contribution < -0.4 is 0 Å². The summed E-state index contributed by atoms with van der Waals surface area (Å²) >= 11 is 0. The van der Waals surface area contributed by atoms with Gasteiger partial charge in [0, 0.05) is 24.7 Å². The molecule has 1 amide bonds. The molecular formula is C14H28N2O. The van der Waals surface area contributed by atoms with Crippen LogP contribution in [0.25, 0.3) is 0 Å². The Bertz CT molecular complexity index is 284. The zero-order valence-corrected chi connectivity index (χ0v) is 12.4. The average molecular weight is 240 g/mol. The summed E-state index contributed by atoms with van der Waals surface area (Å²) in [7, 11) is 0. The highest BCUT2D eigenvalue weighted by Gasteiger charge is 2.43. The third kappa shape index (κ3) is 3.01. The van der Waals surface area contributed by atoms with Gasteiger partial charge in [-0.05, 0) is 40.5 Å². The van der Waals surface area contributed by atoms with E-state index in [4.69, 9.17) is 0 Å². The Kier molecular flexibility index (Phi) is 4.23. The molecule has 0 N–H and O–H groups in total. The molecule has 1 rings (SSSR count). The number of carbonyl (C=O) groups is 1. The van der Waals surface area contributed by atoms with Crippen LogP contribution in [0.5, 0.6) is 0 Å². The summed E-state index contributed by atoms with van der Waals surface area (Å²) in [6.07, 6.45) is 0. The van der Waals surface area contributed by atoms with Crippen molar-refractivity contribution >= 4 is 5.91 Å². The van der Waals surface area contributed by atoms with Gasteiger partial charge in [-0.3, -0.25) is 9.69 Å². The van der Waals surface area contributed by atoms with Gasteiger partial charge in [0.2, 0.25) is 5.91 Å². The van der Waals surface area contributed by atoms with Crippen molar-refractivity contribution in [3.05, 3.63) is 0 Å². The molecule has 0 aliphatic carbocycles. The summed E-state index contributed by atoms with van der Waals surface area (Å²) in [5.41, 5.74) is 0.0713. The number of hydrogen-bond acceptors (Lipinski definition) is 2. The van der Waals surface area contributed by atoms with E-state index in [-0.39, 0.29) is 17.5 Å². The summed E-state index contributed by atoms with van der Waals surface area (Å²) in [6, 6.07) is 0.300. The minimum Gasteiger partial charge on any atom is -0.337 e. The van der Waals surface area contributed by atoms with Crippen molar-refractivity contribution in [1.29, 1.82) is 0 Å². The first-order valence-corrected chi connectivity index (χ1v) is 6.74. The zero-order valence-electron chi connectivity index (χ0n) is 12.4. The van der Waals surface area contributed by atoms with Crippen LogP contribution in [0.3, 0.4) is 0 Å². The molecule has 0 bridgehead atoms. The van der Waals surface area contributed by atoms with Gasteiger partial charge in [0.05, 0.1) is 6.04 Å². The third-order valence-corrected chi connectivity index (χ3v) is 3.63. The molecule has 1 fully saturated rings. The molecule has 0 aromatic carbocycles. The van der Waals surface area contributed by atoms with Crippen molar-refractivity contribution in [2.75, 3.05) is 13.1 Å². The molecule has 0 spiro atoms. The maximum absolute atomic E-state index is 12.3. The summed E-state index contributed by atoms with van der Waals surface area (Å²) in [6.45, 7) is 17.0. The van der Waals surface area contributed by atoms with Gasteiger partial charge in [-0.1, -0.05) is 13.8 Å². The molecule has 1 heterocycles.